The van der Waals surface area contributed by atoms with Gasteiger partial charge in [-0.15, -0.1) is 0 Å². The number of rotatable bonds is 5. The summed E-state index contributed by atoms with van der Waals surface area (Å²) in [5, 5.41) is 11.7. The fourth-order valence-corrected chi connectivity index (χ4v) is 2.46. The minimum atomic E-state index is -0.772. The summed E-state index contributed by atoms with van der Waals surface area (Å²) in [7, 11) is 0. The molecule has 0 bridgehead atoms. The summed E-state index contributed by atoms with van der Waals surface area (Å²) in [6.45, 7) is 8.38. The highest BCUT2D eigenvalue weighted by atomic mass is 16.4. The number of carboxylic acids is 1. The summed E-state index contributed by atoms with van der Waals surface area (Å²) >= 11 is 0. The van der Waals surface area contributed by atoms with Crippen LogP contribution < -0.4 is 5.32 Å². The average molecular weight is 284 g/mol. The van der Waals surface area contributed by atoms with Gasteiger partial charge in [-0.1, -0.05) is 20.8 Å². The zero-order valence-electron chi connectivity index (χ0n) is 12.9. The first-order chi connectivity index (χ1) is 9.32. The molecular weight excluding hydrogens is 256 g/mol. The molecule has 1 aliphatic heterocycles. The second-order valence-corrected chi connectivity index (χ2v) is 6.62. The van der Waals surface area contributed by atoms with Crippen molar-refractivity contribution < 1.29 is 14.7 Å². The Morgan fingerprint density at radius 2 is 2.00 bits per heavy atom. The lowest BCUT2D eigenvalue weighted by atomic mass is 9.85. The number of carbonyl (C=O) groups is 2. The van der Waals surface area contributed by atoms with Gasteiger partial charge in [-0.05, 0) is 37.5 Å². The number of nitrogens with zero attached hydrogens (tertiary/aromatic N) is 1. The van der Waals surface area contributed by atoms with Gasteiger partial charge in [0, 0.05) is 19.6 Å². The Morgan fingerprint density at radius 3 is 2.65 bits per heavy atom. The number of nitrogens with one attached hydrogen (secondary N) is 1. The maximum absolute atomic E-state index is 12.0. The zero-order chi connectivity index (χ0) is 15.2. The summed E-state index contributed by atoms with van der Waals surface area (Å²) < 4.78 is 0. The predicted octanol–water partition coefficient (Wildman–Crippen LogP) is 2.71. The molecule has 0 spiro atoms. The number of hydrogen-bond donors (Lipinski definition) is 2. The molecule has 1 heterocycles. The van der Waals surface area contributed by atoms with Gasteiger partial charge >= 0.3 is 12.0 Å². The lowest BCUT2D eigenvalue weighted by Gasteiger charge is -2.23. The molecule has 1 atom stereocenters. The van der Waals surface area contributed by atoms with Gasteiger partial charge < -0.3 is 15.3 Å². The van der Waals surface area contributed by atoms with Crippen LogP contribution in [-0.4, -0.2) is 41.6 Å². The van der Waals surface area contributed by atoms with E-state index in [1.54, 1.807) is 6.92 Å². The van der Waals surface area contributed by atoms with Crippen molar-refractivity contribution in [3.8, 4) is 0 Å². The highest BCUT2D eigenvalue weighted by Gasteiger charge is 2.25. The van der Waals surface area contributed by atoms with Crippen LogP contribution in [0.2, 0.25) is 0 Å². The Labute approximate surface area is 121 Å². The van der Waals surface area contributed by atoms with Gasteiger partial charge in [0.25, 0.3) is 0 Å². The summed E-state index contributed by atoms with van der Waals surface area (Å²) in [5.41, 5.74) is 0.325. The van der Waals surface area contributed by atoms with Crippen LogP contribution in [-0.2, 0) is 4.79 Å². The Morgan fingerprint density at radius 1 is 1.30 bits per heavy atom. The van der Waals surface area contributed by atoms with Crippen LogP contribution in [0, 0.1) is 11.3 Å². The van der Waals surface area contributed by atoms with Crippen molar-refractivity contribution in [3.63, 3.8) is 0 Å². The second kappa shape index (κ2) is 7.50. The third-order valence-electron chi connectivity index (χ3n) is 4.14. The summed E-state index contributed by atoms with van der Waals surface area (Å²) in [5.74, 6) is -1.11. The van der Waals surface area contributed by atoms with Gasteiger partial charge in [0.1, 0.15) is 0 Å². The highest BCUT2D eigenvalue weighted by Crippen LogP contribution is 2.29. The SMILES string of the molecule is CC(CCCNC(=O)N1CCCC(C)(C)CC1)C(=O)O. The van der Waals surface area contributed by atoms with Crippen molar-refractivity contribution >= 4 is 12.0 Å². The van der Waals surface area contributed by atoms with E-state index in [4.69, 9.17) is 5.11 Å². The molecule has 0 aromatic heterocycles. The van der Waals surface area contributed by atoms with E-state index in [0.717, 1.165) is 32.4 Å². The van der Waals surface area contributed by atoms with Crippen LogP contribution in [0.15, 0.2) is 0 Å². The number of hydrogen-bond acceptors (Lipinski definition) is 2. The third-order valence-corrected chi connectivity index (χ3v) is 4.14. The van der Waals surface area contributed by atoms with E-state index >= 15 is 0 Å². The number of likely N-dealkylation sites (tertiary alicyclic amines) is 1. The topological polar surface area (TPSA) is 69.6 Å². The van der Waals surface area contributed by atoms with E-state index in [0.29, 0.717) is 24.8 Å². The lowest BCUT2D eigenvalue weighted by molar-refractivity contribution is -0.141. The van der Waals surface area contributed by atoms with Crippen LogP contribution in [0.3, 0.4) is 0 Å². The molecule has 116 valence electrons. The molecule has 5 nitrogen and oxygen atoms in total. The number of amides is 2. The first-order valence-corrected chi connectivity index (χ1v) is 7.57. The minimum Gasteiger partial charge on any atom is -0.481 e. The standard InChI is InChI=1S/C15H28N2O3/c1-12(13(18)19)6-4-9-16-14(20)17-10-5-7-15(2,3)8-11-17/h12H,4-11H2,1-3H3,(H,16,20)(H,18,19). The number of carboxylic acid groups (broad SMARTS) is 1. The lowest BCUT2D eigenvalue weighted by Crippen LogP contribution is -2.41. The second-order valence-electron chi connectivity index (χ2n) is 6.62. The van der Waals surface area contributed by atoms with Crippen molar-refractivity contribution in [2.45, 2.75) is 52.9 Å². The van der Waals surface area contributed by atoms with E-state index in [-0.39, 0.29) is 11.9 Å². The minimum absolute atomic E-state index is 0.00863. The largest absolute Gasteiger partial charge is 0.481 e. The van der Waals surface area contributed by atoms with Crippen LogP contribution in [0.4, 0.5) is 4.79 Å². The molecule has 1 rings (SSSR count). The van der Waals surface area contributed by atoms with E-state index in [1.807, 2.05) is 4.90 Å². The summed E-state index contributed by atoms with van der Waals surface area (Å²) in [6, 6.07) is -0.00863. The molecule has 2 N–H and O–H groups in total. The van der Waals surface area contributed by atoms with E-state index < -0.39 is 5.97 Å². The Bertz CT molecular complexity index is 342. The predicted molar refractivity (Wildman–Crippen MR) is 78.6 cm³/mol. The molecule has 0 saturated carbocycles. The van der Waals surface area contributed by atoms with Crippen molar-refractivity contribution in [3.05, 3.63) is 0 Å². The fraction of sp³-hybridized carbons (Fsp3) is 0.867. The van der Waals surface area contributed by atoms with Gasteiger partial charge in [-0.25, -0.2) is 4.79 Å². The van der Waals surface area contributed by atoms with Crippen LogP contribution in [0.1, 0.15) is 52.9 Å². The van der Waals surface area contributed by atoms with Crippen LogP contribution >= 0.6 is 0 Å². The van der Waals surface area contributed by atoms with E-state index in [9.17, 15) is 9.59 Å². The normalized spacial score (nSPS) is 20.1. The van der Waals surface area contributed by atoms with Gasteiger partial charge in [0.2, 0.25) is 0 Å². The van der Waals surface area contributed by atoms with Crippen LogP contribution in [0.5, 0.6) is 0 Å². The maximum Gasteiger partial charge on any atom is 0.317 e. The molecule has 2 amide bonds. The molecule has 1 saturated heterocycles. The Balaban J connectivity index is 2.24. The Kier molecular flexibility index (Phi) is 6.30. The smallest absolute Gasteiger partial charge is 0.317 e. The quantitative estimate of drug-likeness (QED) is 0.763. The first-order valence-electron chi connectivity index (χ1n) is 7.57. The molecule has 1 aliphatic rings. The summed E-state index contributed by atoms with van der Waals surface area (Å²) in [6.07, 6.45) is 4.56. The molecule has 5 heteroatoms. The monoisotopic (exact) mass is 284 g/mol. The van der Waals surface area contributed by atoms with Crippen molar-refractivity contribution in [2.24, 2.45) is 11.3 Å². The van der Waals surface area contributed by atoms with Gasteiger partial charge in [0.15, 0.2) is 0 Å². The van der Waals surface area contributed by atoms with Gasteiger partial charge in [-0.2, -0.15) is 0 Å². The van der Waals surface area contributed by atoms with Crippen molar-refractivity contribution in [1.82, 2.24) is 10.2 Å². The van der Waals surface area contributed by atoms with Gasteiger partial charge in [-0.3, -0.25) is 4.79 Å². The number of urea groups is 1. The number of carbonyl (C=O) groups excluding carboxylic acids is 1. The van der Waals surface area contributed by atoms with E-state index in [2.05, 4.69) is 19.2 Å². The molecule has 0 radical (unpaired) electrons. The average Bonchev–Trinajstić information content (AvgIpc) is 2.55. The number of aliphatic carboxylic acids is 1. The summed E-state index contributed by atoms with van der Waals surface area (Å²) in [4.78, 5) is 24.6. The fourth-order valence-electron chi connectivity index (χ4n) is 2.46. The Hall–Kier alpha value is -1.26. The van der Waals surface area contributed by atoms with Crippen LogP contribution in [0.25, 0.3) is 0 Å². The molecule has 0 aromatic rings. The molecule has 0 aromatic carbocycles. The highest BCUT2D eigenvalue weighted by molar-refractivity contribution is 5.74. The molecular formula is C15H28N2O3. The molecule has 1 unspecified atom stereocenters. The molecule has 0 aliphatic carbocycles. The molecule has 20 heavy (non-hydrogen) atoms. The first kappa shape index (κ1) is 16.8. The molecule has 1 fully saturated rings. The van der Waals surface area contributed by atoms with E-state index in [1.165, 1.54) is 0 Å². The van der Waals surface area contributed by atoms with Crippen molar-refractivity contribution in [1.29, 1.82) is 0 Å². The maximum atomic E-state index is 12.0. The van der Waals surface area contributed by atoms with Crippen molar-refractivity contribution in [2.75, 3.05) is 19.6 Å². The zero-order valence-corrected chi connectivity index (χ0v) is 12.9. The third kappa shape index (κ3) is 5.80. The van der Waals surface area contributed by atoms with Gasteiger partial charge in [0.05, 0.1) is 5.92 Å².